The van der Waals surface area contributed by atoms with Crippen LogP contribution in [0.1, 0.15) is 33.3 Å². The molecular formula is C19H29ClN4O3. The van der Waals surface area contributed by atoms with Crippen molar-refractivity contribution in [3.05, 3.63) is 23.0 Å². The number of carbonyl (C=O) groups excluding carboxylic acids is 2. The number of amides is 1. The Labute approximate surface area is 166 Å². The van der Waals surface area contributed by atoms with Crippen LogP contribution in [0.25, 0.3) is 0 Å². The van der Waals surface area contributed by atoms with E-state index in [4.69, 9.17) is 11.6 Å². The predicted molar refractivity (Wildman–Crippen MR) is 106 cm³/mol. The zero-order valence-electron chi connectivity index (χ0n) is 16.5. The highest BCUT2D eigenvalue weighted by molar-refractivity contribution is 6.29. The Morgan fingerprint density at radius 2 is 2.19 bits per heavy atom. The fourth-order valence-corrected chi connectivity index (χ4v) is 3.23. The highest BCUT2D eigenvalue weighted by Gasteiger charge is 2.27. The highest BCUT2D eigenvalue weighted by Crippen LogP contribution is 2.29. The van der Waals surface area contributed by atoms with Gasteiger partial charge >= 0.3 is 0 Å². The summed E-state index contributed by atoms with van der Waals surface area (Å²) in [7, 11) is 0. The molecule has 7 nitrogen and oxygen atoms in total. The van der Waals surface area contributed by atoms with Gasteiger partial charge in [-0.1, -0.05) is 11.6 Å². The second kappa shape index (κ2) is 9.48. The molecule has 2 aliphatic heterocycles. The van der Waals surface area contributed by atoms with Gasteiger partial charge in [-0.25, -0.2) is 4.98 Å². The summed E-state index contributed by atoms with van der Waals surface area (Å²) in [4.78, 5) is 30.2. The van der Waals surface area contributed by atoms with Gasteiger partial charge in [-0.15, -0.1) is 0 Å². The third kappa shape index (κ3) is 6.75. The minimum Gasteiger partial charge on any atom is -0.462 e. The fraction of sp³-hybridized carbons (Fsp3) is 0.632. The third-order valence-electron chi connectivity index (χ3n) is 4.34. The van der Waals surface area contributed by atoms with Gasteiger partial charge in [0.05, 0.1) is 12.2 Å². The van der Waals surface area contributed by atoms with Crippen LogP contribution in [0.3, 0.4) is 0 Å². The zero-order valence-corrected chi connectivity index (χ0v) is 17.3. The van der Waals surface area contributed by atoms with E-state index in [2.05, 4.69) is 26.9 Å². The molecule has 0 unspecified atom stereocenters. The Balaban J connectivity index is 0.000000321. The summed E-state index contributed by atoms with van der Waals surface area (Å²) in [5, 5.41) is 3.83. The number of nitrogens with one attached hydrogen (secondary N) is 1. The van der Waals surface area contributed by atoms with E-state index >= 15 is 0 Å². The molecule has 3 heterocycles. The number of aromatic nitrogens is 1. The van der Waals surface area contributed by atoms with Crippen LogP contribution in [0.2, 0.25) is 5.15 Å². The summed E-state index contributed by atoms with van der Waals surface area (Å²) in [5.41, 5.74) is 1.72. The number of pyridine rings is 1. The van der Waals surface area contributed by atoms with Crippen molar-refractivity contribution in [1.82, 2.24) is 15.2 Å². The molecule has 1 aromatic heterocycles. The summed E-state index contributed by atoms with van der Waals surface area (Å²) in [6, 6.07) is 2.24. The first-order valence-electron chi connectivity index (χ1n) is 9.21. The van der Waals surface area contributed by atoms with Crippen molar-refractivity contribution in [3.63, 3.8) is 0 Å². The summed E-state index contributed by atoms with van der Waals surface area (Å²) in [6.45, 7) is 12.1. The maximum absolute atomic E-state index is 12.5. The van der Waals surface area contributed by atoms with E-state index in [0.29, 0.717) is 24.2 Å². The third-order valence-corrected chi connectivity index (χ3v) is 4.55. The lowest BCUT2D eigenvalue weighted by Crippen LogP contribution is -2.52. The van der Waals surface area contributed by atoms with Crippen molar-refractivity contribution in [1.29, 1.82) is 0 Å². The Hall–Kier alpha value is -1.70. The number of rotatable bonds is 3. The van der Waals surface area contributed by atoms with Crippen LogP contribution < -0.4 is 10.2 Å². The molecule has 2 aliphatic rings. The first-order chi connectivity index (χ1) is 12.7. The van der Waals surface area contributed by atoms with Gasteiger partial charge in [0.1, 0.15) is 10.8 Å². The lowest BCUT2D eigenvalue weighted by Gasteiger charge is -2.32. The van der Waals surface area contributed by atoms with Gasteiger partial charge < -0.3 is 15.0 Å². The number of ether oxygens (including phenoxy) is 1. The Bertz CT molecular complexity index is 663. The van der Waals surface area contributed by atoms with Gasteiger partial charge in [-0.05, 0) is 45.7 Å². The number of carbonyl (C=O) groups is 2. The minimum atomic E-state index is -0.318. The molecule has 1 N–H and O–H groups in total. The number of piperazine rings is 1. The van der Waals surface area contributed by atoms with E-state index in [1.807, 2.05) is 25.7 Å². The second-order valence-electron chi connectivity index (χ2n) is 7.85. The Morgan fingerprint density at radius 1 is 1.44 bits per heavy atom. The second-order valence-corrected chi connectivity index (χ2v) is 8.24. The Kier molecular flexibility index (Phi) is 7.59. The van der Waals surface area contributed by atoms with Gasteiger partial charge in [0, 0.05) is 38.4 Å². The van der Waals surface area contributed by atoms with Gasteiger partial charge in [-0.2, -0.15) is 0 Å². The summed E-state index contributed by atoms with van der Waals surface area (Å²) in [6.07, 6.45) is 2.64. The molecule has 0 aromatic carbocycles. The van der Waals surface area contributed by atoms with Crippen molar-refractivity contribution in [3.8, 4) is 0 Å². The molecular weight excluding hydrogens is 368 g/mol. The first kappa shape index (κ1) is 21.6. The van der Waals surface area contributed by atoms with E-state index in [-0.39, 0.29) is 11.5 Å². The fourth-order valence-electron chi connectivity index (χ4n) is 3.08. The van der Waals surface area contributed by atoms with Gasteiger partial charge in [-0.3, -0.25) is 14.5 Å². The van der Waals surface area contributed by atoms with Crippen LogP contribution in [0, 0.1) is 0 Å². The van der Waals surface area contributed by atoms with Crippen LogP contribution in [0.5, 0.6) is 0 Å². The van der Waals surface area contributed by atoms with E-state index in [9.17, 15) is 9.59 Å². The van der Waals surface area contributed by atoms with Gasteiger partial charge in [0.25, 0.3) is 6.47 Å². The van der Waals surface area contributed by atoms with Crippen LogP contribution >= 0.6 is 11.6 Å². The first-order valence-corrected chi connectivity index (χ1v) is 9.59. The molecule has 0 bridgehead atoms. The quantitative estimate of drug-likeness (QED) is 0.621. The molecule has 1 atom stereocenters. The Morgan fingerprint density at radius 3 is 2.78 bits per heavy atom. The molecule has 1 saturated heterocycles. The molecule has 27 heavy (non-hydrogen) atoms. The van der Waals surface area contributed by atoms with Gasteiger partial charge in [0.15, 0.2) is 0 Å². The van der Waals surface area contributed by atoms with Gasteiger partial charge in [0.2, 0.25) is 5.91 Å². The number of halogens is 1. The van der Waals surface area contributed by atoms with E-state index < -0.39 is 0 Å². The zero-order chi connectivity index (χ0) is 20.0. The summed E-state index contributed by atoms with van der Waals surface area (Å²) >= 11 is 5.94. The van der Waals surface area contributed by atoms with Crippen LogP contribution in [-0.4, -0.2) is 66.6 Å². The molecule has 0 radical (unpaired) electrons. The number of fused-ring (bicyclic) bond motifs is 1. The van der Waals surface area contributed by atoms with Crippen LogP contribution in [-0.2, 0) is 20.7 Å². The number of nitrogens with zero attached hydrogens (tertiary/aromatic N) is 3. The topological polar surface area (TPSA) is 74.8 Å². The monoisotopic (exact) mass is 396 g/mol. The molecule has 0 spiro atoms. The summed E-state index contributed by atoms with van der Waals surface area (Å²) < 4.78 is 4.55. The van der Waals surface area contributed by atoms with Crippen molar-refractivity contribution >= 4 is 29.7 Å². The molecule has 3 rings (SSSR count). The molecule has 0 saturated carbocycles. The minimum absolute atomic E-state index is 0.153. The van der Waals surface area contributed by atoms with E-state index in [0.717, 1.165) is 43.9 Å². The standard InChI is InChI=1S/C14H19ClN4O.C5H10O2/c1-10-8-18(5-3-16-10)9-14(20)19-4-2-11-7-17-13(15)6-12(11)19;1-5(2,3)7-4-6/h6-7,10,16H,2-5,8-9H2,1H3;4H,1-3H3/t10-;/m1./s1. The predicted octanol–water partition coefficient (Wildman–Crippen LogP) is 1.88. The smallest absolute Gasteiger partial charge is 0.293 e. The lowest BCUT2D eigenvalue weighted by molar-refractivity contribution is -0.138. The average molecular weight is 397 g/mol. The largest absolute Gasteiger partial charge is 0.462 e. The lowest BCUT2D eigenvalue weighted by atomic mass is 10.2. The van der Waals surface area contributed by atoms with Crippen LogP contribution in [0.4, 0.5) is 5.69 Å². The van der Waals surface area contributed by atoms with E-state index in [1.54, 1.807) is 12.3 Å². The van der Waals surface area contributed by atoms with Crippen molar-refractivity contribution in [2.24, 2.45) is 0 Å². The summed E-state index contributed by atoms with van der Waals surface area (Å²) in [5.74, 6) is 0.153. The van der Waals surface area contributed by atoms with Crippen molar-refractivity contribution in [2.75, 3.05) is 37.6 Å². The van der Waals surface area contributed by atoms with Crippen molar-refractivity contribution in [2.45, 2.75) is 45.8 Å². The molecule has 1 fully saturated rings. The maximum atomic E-state index is 12.5. The SMILES string of the molecule is CC(C)(C)OC=O.C[C@@H]1CN(CC(=O)N2CCc3cnc(Cl)cc32)CCN1. The number of anilines is 1. The van der Waals surface area contributed by atoms with Crippen LogP contribution in [0.15, 0.2) is 12.3 Å². The average Bonchev–Trinajstić information content (AvgIpc) is 2.97. The molecule has 150 valence electrons. The van der Waals surface area contributed by atoms with E-state index in [1.165, 1.54) is 0 Å². The highest BCUT2D eigenvalue weighted by atomic mass is 35.5. The van der Waals surface area contributed by atoms with Crippen molar-refractivity contribution < 1.29 is 14.3 Å². The molecule has 0 aliphatic carbocycles. The maximum Gasteiger partial charge on any atom is 0.293 e. The number of hydrogen-bond donors (Lipinski definition) is 1. The normalized spacial score (nSPS) is 19.7. The molecule has 1 amide bonds. The molecule has 8 heteroatoms. The number of hydrogen-bond acceptors (Lipinski definition) is 6. The molecule has 1 aromatic rings.